The van der Waals surface area contributed by atoms with Crippen LogP contribution >= 0.6 is 0 Å². The summed E-state index contributed by atoms with van der Waals surface area (Å²) in [5, 5.41) is 0. The van der Waals surface area contributed by atoms with Crippen molar-refractivity contribution in [1.82, 2.24) is 9.80 Å². The van der Waals surface area contributed by atoms with E-state index in [4.69, 9.17) is 4.74 Å². The van der Waals surface area contributed by atoms with Crippen molar-refractivity contribution in [1.29, 1.82) is 0 Å². The number of hydrogen-bond acceptors (Lipinski definition) is 3. The van der Waals surface area contributed by atoms with Crippen LogP contribution in [0, 0.1) is 11.3 Å². The van der Waals surface area contributed by atoms with Crippen LogP contribution in [-0.4, -0.2) is 48.4 Å². The van der Waals surface area contributed by atoms with Crippen LogP contribution in [0.1, 0.15) is 44.1 Å². The number of methoxy groups -OCH3 is 1. The Labute approximate surface area is 155 Å². The summed E-state index contributed by atoms with van der Waals surface area (Å²) < 4.78 is 5.29. The van der Waals surface area contributed by atoms with Crippen molar-refractivity contribution in [3.05, 3.63) is 29.8 Å². The van der Waals surface area contributed by atoms with E-state index in [-0.39, 0.29) is 17.2 Å². The molecule has 1 spiro atoms. The first-order chi connectivity index (χ1) is 12.6. The minimum Gasteiger partial charge on any atom is -0.497 e. The molecular weight excluding hydrogens is 328 g/mol. The number of ether oxygens (including phenoxy) is 1. The molecule has 2 aliphatic heterocycles. The molecule has 0 aromatic heterocycles. The molecule has 0 N–H and O–H groups in total. The monoisotopic (exact) mass is 356 g/mol. The molecular formula is C21H28N2O3. The van der Waals surface area contributed by atoms with Crippen LogP contribution in [0.4, 0.5) is 0 Å². The Hall–Kier alpha value is -2.04. The van der Waals surface area contributed by atoms with Gasteiger partial charge in [-0.1, -0.05) is 12.1 Å². The van der Waals surface area contributed by atoms with Gasteiger partial charge in [-0.05, 0) is 55.7 Å². The van der Waals surface area contributed by atoms with Crippen LogP contribution in [0.25, 0.3) is 0 Å². The van der Waals surface area contributed by atoms with E-state index < -0.39 is 0 Å². The predicted octanol–water partition coefficient (Wildman–Crippen LogP) is 2.84. The Morgan fingerprint density at radius 2 is 2.12 bits per heavy atom. The number of carbonyl (C=O) groups is 2. The number of likely N-dealkylation sites (tertiary alicyclic amines) is 2. The number of piperidine rings is 1. The summed E-state index contributed by atoms with van der Waals surface area (Å²) >= 11 is 0. The zero-order valence-electron chi connectivity index (χ0n) is 15.6. The number of rotatable bonds is 5. The fourth-order valence-electron chi connectivity index (χ4n) is 4.46. The Balaban J connectivity index is 1.43. The van der Waals surface area contributed by atoms with Crippen LogP contribution in [0.2, 0.25) is 0 Å². The lowest BCUT2D eigenvalue weighted by Crippen LogP contribution is -2.50. The standard InChI is InChI=1S/C21H28N2O3/c1-26-18-5-2-4-17(12-18)14-22-10-3-8-21(20(22)25)9-11-23(15-21)19(24)13-16-6-7-16/h2,4-5,12,16H,3,6-11,13-15H2,1H3. The molecule has 140 valence electrons. The van der Waals surface area contributed by atoms with Gasteiger partial charge in [0.1, 0.15) is 5.75 Å². The average Bonchev–Trinajstić information content (AvgIpc) is 3.36. The lowest BCUT2D eigenvalue weighted by Gasteiger charge is -2.39. The lowest BCUT2D eigenvalue weighted by molar-refractivity contribution is -0.146. The zero-order valence-corrected chi connectivity index (χ0v) is 15.6. The highest BCUT2D eigenvalue weighted by atomic mass is 16.5. The maximum Gasteiger partial charge on any atom is 0.230 e. The van der Waals surface area contributed by atoms with E-state index in [0.29, 0.717) is 25.4 Å². The molecule has 5 heteroatoms. The van der Waals surface area contributed by atoms with Gasteiger partial charge in [0.05, 0.1) is 12.5 Å². The Morgan fingerprint density at radius 3 is 2.88 bits per heavy atom. The molecule has 3 fully saturated rings. The van der Waals surface area contributed by atoms with Crippen LogP contribution < -0.4 is 4.74 Å². The van der Waals surface area contributed by atoms with Crippen LogP contribution in [-0.2, 0) is 16.1 Å². The maximum atomic E-state index is 13.3. The summed E-state index contributed by atoms with van der Waals surface area (Å²) in [6.07, 6.45) is 5.80. The quantitative estimate of drug-likeness (QED) is 0.815. The molecule has 4 rings (SSSR count). The molecule has 26 heavy (non-hydrogen) atoms. The molecule has 2 amide bonds. The van der Waals surface area contributed by atoms with Gasteiger partial charge in [0.25, 0.3) is 0 Å². The third-order valence-corrected chi connectivity index (χ3v) is 6.20. The van der Waals surface area contributed by atoms with Crippen LogP contribution in [0.5, 0.6) is 5.75 Å². The molecule has 1 unspecified atom stereocenters. The third-order valence-electron chi connectivity index (χ3n) is 6.20. The second-order valence-corrected chi connectivity index (χ2v) is 8.17. The Kier molecular flexibility index (Phi) is 4.63. The lowest BCUT2D eigenvalue weighted by atomic mass is 9.78. The summed E-state index contributed by atoms with van der Waals surface area (Å²) in [6, 6.07) is 7.92. The first kappa shape index (κ1) is 17.4. The van der Waals surface area contributed by atoms with Gasteiger partial charge in [0, 0.05) is 32.6 Å². The molecule has 1 atom stereocenters. The molecule has 2 heterocycles. The first-order valence-electron chi connectivity index (χ1n) is 9.80. The number of benzene rings is 1. The van der Waals surface area contributed by atoms with Crippen LogP contribution in [0.15, 0.2) is 24.3 Å². The highest BCUT2D eigenvalue weighted by Gasteiger charge is 2.49. The molecule has 5 nitrogen and oxygen atoms in total. The fraction of sp³-hybridized carbons (Fsp3) is 0.619. The van der Waals surface area contributed by atoms with Gasteiger partial charge in [-0.3, -0.25) is 9.59 Å². The number of hydrogen-bond donors (Lipinski definition) is 0. The van der Waals surface area contributed by atoms with Gasteiger partial charge in [-0.2, -0.15) is 0 Å². The average molecular weight is 356 g/mol. The summed E-state index contributed by atoms with van der Waals surface area (Å²) in [4.78, 5) is 29.7. The van der Waals surface area contributed by atoms with E-state index in [2.05, 4.69) is 0 Å². The van der Waals surface area contributed by atoms with Crippen molar-refractivity contribution in [2.24, 2.45) is 11.3 Å². The third kappa shape index (κ3) is 3.44. The van der Waals surface area contributed by atoms with Crippen molar-refractivity contribution in [3.8, 4) is 5.75 Å². The van der Waals surface area contributed by atoms with Gasteiger partial charge < -0.3 is 14.5 Å². The number of amides is 2. The van der Waals surface area contributed by atoms with Gasteiger partial charge in [-0.15, -0.1) is 0 Å². The van der Waals surface area contributed by atoms with E-state index in [1.165, 1.54) is 12.8 Å². The van der Waals surface area contributed by atoms with Gasteiger partial charge in [0.2, 0.25) is 11.8 Å². The van der Waals surface area contributed by atoms with E-state index in [1.807, 2.05) is 34.1 Å². The minimum atomic E-state index is -0.351. The normalized spacial score (nSPS) is 25.8. The number of carbonyl (C=O) groups excluding carboxylic acids is 2. The molecule has 1 aromatic rings. The molecule has 1 aliphatic carbocycles. The molecule has 3 aliphatic rings. The van der Waals surface area contributed by atoms with Crippen molar-refractivity contribution >= 4 is 11.8 Å². The van der Waals surface area contributed by atoms with E-state index in [1.54, 1.807) is 7.11 Å². The molecule has 1 saturated carbocycles. The molecule has 0 radical (unpaired) electrons. The predicted molar refractivity (Wildman–Crippen MR) is 98.6 cm³/mol. The van der Waals surface area contributed by atoms with E-state index >= 15 is 0 Å². The second-order valence-electron chi connectivity index (χ2n) is 8.17. The van der Waals surface area contributed by atoms with Crippen molar-refractivity contribution in [2.45, 2.75) is 45.1 Å². The van der Waals surface area contributed by atoms with Crippen molar-refractivity contribution in [2.75, 3.05) is 26.7 Å². The minimum absolute atomic E-state index is 0.230. The molecule has 2 saturated heterocycles. The zero-order chi connectivity index (χ0) is 18.1. The topological polar surface area (TPSA) is 49.9 Å². The summed E-state index contributed by atoms with van der Waals surface area (Å²) in [6.45, 7) is 2.78. The first-order valence-corrected chi connectivity index (χ1v) is 9.80. The van der Waals surface area contributed by atoms with Gasteiger partial charge in [-0.25, -0.2) is 0 Å². The van der Waals surface area contributed by atoms with Crippen LogP contribution in [0.3, 0.4) is 0 Å². The summed E-state index contributed by atoms with van der Waals surface area (Å²) in [7, 11) is 1.66. The highest BCUT2D eigenvalue weighted by molar-refractivity contribution is 5.86. The van der Waals surface area contributed by atoms with E-state index in [0.717, 1.165) is 43.7 Å². The number of nitrogens with zero attached hydrogens (tertiary/aromatic N) is 2. The highest BCUT2D eigenvalue weighted by Crippen LogP contribution is 2.41. The summed E-state index contributed by atoms with van der Waals surface area (Å²) in [5.41, 5.74) is 0.741. The fourth-order valence-corrected chi connectivity index (χ4v) is 4.46. The second kappa shape index (κ2) is 6.93. The summed E-state index contributed by atoms with van der Waals surface area (Å²) in [5.74, 6) is 1.90. The maximum absolute atomic E-state index is 13.3. The Bertz CT molecular complexity index is 700. The van der Waals surface area contributed by atoms with E-state index in [9.17, 15) is 9.59 Å². The van der Waals surface area contributed by atoms with Gasteiger partial charge in [0.15, 0.2) is 0 Å². The largest absolute Gasteiger partial charge is 0.497 e. The smallest absolute Gasteiger partial charge is 0.230 e. The SMILES string of the molecule is COc1cccc(CN2CCCC3(CCN(C(=O)CC4CC4)C3)C2=O)c1. The van der Waals surface area contributed by atoms with Crippen molar-refractivity contribution in [3.63, 3.8) is 0 Å². The van der Waals surface area contributed by atoms with Gasteiger partial charge >= 0.3 is 0 Å². The Morgan fingerprint density at radius 1 is 1.27 bits per heavy atom. The van der Waals surface area contributed by atoms with Crippen molar-refractivity contribution < 1.29 is 14.3 Å². The molecule has 0 bridgehead atoms. The molecule has 1 aromatic carbocycles.